The number of nitrogens with one attached hydrogen (secondary N) is 1. The smallest absolute Gasteiger partial charge is 0.433 e. The topological polar surface area (TPSA) is 82.7 Å². The third kappa shape index (κ3) is 4.76. The molecule has 2 aromatic carbocycles. The minimum Gasteiger partial charge on any atom is -0.494 e. The Hall–Kier alpha value is -4.67. The van der Waals surface area contributed by atoms with E-state index in [-0.39, 0.29) is 11.6 Å². The first-order valence-corrected chi connectivity index (χ1v) is 10.8. The van der Waals surface area contributed by atoms with Crippen LogP contribution in [0.2, 0.25) is 0 Å². The fourth-order valence-electron chi connectivity index (χ4n) is 3.65. The molecule has 0 atom stereocenters. The van der Waals surface area contributed by atoms with Crippen molar-refractivity contribution in [2.45, 2.75) is 13.1 Å². The summed E-state index contributed by atoms with van der Waals surface area (Å²) in [6.07, 6.45) is 2.26. The van der Waals surface area contributed by atoms with E-state index in [1.807, 2.05) is 13.1 Å². The Balaban J connectivity index is 1.49. The van der Waals surface area contributed by atoms with Crippen molar-refractivity contribution < 1.29 is 17.9 Å². The van der Waals surface area contributed by atoms with Crippen molar-refractivity contribution >= 4 is 11.6 Å². The molecule has 5 aromatic rings. The van der Waals surface area contributed by atoms with Gasteiger partial charge in [0.2, 0.25) is 5.95 Å². The second-order valence-corrected chi connectivity index (χ2v) is 7.89. The van der Waals surface area contributed by atoms with E-state index in [1.54, 1.807) is 76.5 Å². The fourth-order valence-corrected chi connectivity index (χ4v) is 3.65. The van der Waals surface area contributed by atoms with Gasteiger partial charge in [-0.1, -0.05) is 12.1 Å². The lowest BCUT2D eigenvalue weighted by atomic mass is 10.1. The number of methoxy groups -OCH3 is 1. The molecule has 0 saturated heterocycles. The van der Waals surface area contributed by atoms with Gasteiger partial charge in [0.15, 0.2) is 5.69 Å². The van der Waals surface area contributed by atoms with Crippen LogP contribution in [0.5, 0.6) is 5.75 Å². The molecule has 5 rings (SSSR count). The second kappa shape index (κ2) is 9.17. The van der Waals surface area contributed by atoms with E-state index < -0.39 is 11.9 Å². The first-order chi connectivity index (χ1) is 17.3. The summed E-state index contributed by atoms with van der Waals surface area (Å²) in [5.41, 5.74) is 2.38. The van der Waals surface area contributed by atoms with Crippen molar-refractivity contribution in [2.24, 2.45) is 0 Å². The average molecular weight is 491 g/mol. The number of anilines is 2. The Morgan fingerprint density at radius 2 is 1.81 bits per heavy atom. The van der Waals surface area contributed by atoms with Crippen LogP contribution in [0.3, 0.4) is 0 Å². The Morgan fingerprint density at radius 1 is 1.00 bits per heavy atom. The maximum atomic E-state index is 13.7. The quantitative estimate of drug-likeness (QED) is 0.333. The SMILES string of the molecule is COc1cc(Nc2nc(-c3ccc(-n4cccn4)cc3)cc(C(F)(F)F)n2)ccc1-n1cnc(C)c1. The van der Waals surface area contributed by atoms with Gasteiger partial charge in [0.25, 0.3) is 0 Å². The number of nitrogens with zero attached hydrogens (tertiary/aromatic N) is 6. The normalized spacial score (nSPS) is 11.5. The third-order valence-corrected chi connectivity index (χ3v) is 5.37. The zero-order valence-corrected chi connectivity index (χ0v) is 19.2. The van der Waals surface area contributed by atoms with Gasteiger partial charge in [-0.3, -0.25) is 0 Å². The first kappa shape index (κ1) is 23.1. The summed E-state index contributed by atoms with van der Waals surface area (Å²) in [6.45, 7) is 1.87. The van der Waals surface area contributed by atoms with Crippen molar-refractivity contribution in [1.82, 2.24) is 29.3 Å². The van der Waals surface area contributed by atoms with Crippen molar-refractivity contribution in [3.8, 4) is 28.4 Å². The molecule has 0 saturated carbocycles. The molecule has 1 N–H and O–H groups in total. The molecule has 3 aromatic heterocycles. The van der Waals surface area contributed by atoms with E-state index in [0.717, 1.165) is 23.1 Å². The van der Waals surface area contributed by atoms with Gasteiger partial charge >= 0.3 is 6.18 Å². The number of halogens is 3. The number of hydrogen-bond donors (Lipinski definition) is 1. The highest BCUT2D eigenvalue weighted by atomic mass is 19.4. The Morgan fingerprint density at radius 3 is 2.44 bits per heavy atom. The predicted octanol–water partition coefficient (Wildman–Crippen LogP) is 5.59. The summed E-state index contributed by atoms with van der Waals surface area (Å²) in [4.78, 5) is 12.3. The van der Waals surface area contributed by atoms with Crippen molar-refractivity contribution in [2.75, 3.05) is 12.4 Å². The molecule has 0 fully saturated rings. The van der Waals surface area contributed by atoms with Crippen LogP contribution >= 0.6 is 0 Å². The molecule has 8 nitrogen and oxygen atoms in total. The monoisotopic (exact) mass is 491 g/mol. The van der Waals surface area contributed by atoms with Crippen LogP contribution in [0.4, 0.5) is 24.8 Å². The van der Waals surface area contributed by atoms with Crippen LogP contribution in [-0.4, -0.2) is 36.4 Å². The number of ether oxygens (including phenoxy) is 1. The summed E-state index contributed by atoms with van der Waals surface area (Å²) >= 11 is 0. The van der Waals surface area contributed by atoms with Crippen LogP contribution in [0, 0.1) is 6.92 Å². The zero-order valence-electron chi connectivity index (χ0n) is 19.2. The number of benzene rings is 2. The Bertz CT molecular complexity index is 1490. The van der Waals surface area contributed by atoms with Gasteiger partial charge in [-0.25, -0.2) is 19.6 Å². The Labute approximate surface area is 204 Å². The summed E-state index contributed by atoms with van der Waals surface area (Å²) < 4.78 is 49.9. The summed E-state index contributed by atoms with van der Waals surface area (Å²) in [7, 11) is 1.51. The molecular formula is C25H20F3N7O. The minimum absolute atomic E-state index is 0.129. The molecule has 0 aliphatic heterocycles. The number of imidazole rings is 1. The molecule has 36 heavy (non-hydrogen) atoms. The highest BCUT2D eigenvalue weighted by Gasteiger charge is 2.34. The highest BCUT2D eigenvalue weighted by Crippen LogP contribution is 2.33. The molecule has 0 amide bonds. The molecule has 0 aliphatic carbocycles. The van der Waals surface area contributed by atoms with E-state index >= 15 is 0 Å². The van der Waals surface area contributed by atoms with Crippen molar-refractivity contribution in [3.63, 3.8) is 0 Å². The summed E-state index contributed by atoms with van der Waals surface area (Å²) in [5, 5.41) is 7.03. The maximum absolute atomic E-state index is 13.7. The minimum atomic E-state index is -4.65. The molecule has 0 aliphatic rings. The largest absolute Gasteiger partial charge is 0.494 e. The molecule has 0 unspecified atom stereocenters. The van der Waals surface area contributed by atoms with Gasteiger partial charge in [0.05, 0.1) is 36.2 Å². The number of aryl methyl sites for hydroxylation is 1. The van der Waals surface area contributed by atoms with Crippen LogP contribution < -0.4 is 10.1 Å². The predicted molar refractivity (Wildman–Crippen MR) is 128 cm³/mol. The van der Waals surface area contributed by atoms with Gasteiger partial charge in [-0.2, -0.15) is 18.3 Å². The number of hydrogen-bond acceptors (Lipinski definition) is 6. The van der Waals surface area contributed by atoms with Gasteiger partial charge in [-0.15, -0.1) is 0 Å². The summed E-state index contributed by atoms with van der Waals surface area (Å²) in [5.74, 6) is 0.308. The van der Waals surface area contributed by atoms with E-state index in [4.69, 9.17) is 4.74 Å². The number of alkyl halides is 3. The van der Waals surface area contributed by atoms with E-state index in [0.29, 0.717) is 17.0 Å². The lowest BCUT2D eigenvalue weighted by molar-refractivity contribution is -0.141. The maximum Gasteiger partial charge on any atom is 0.433 e. The van der Waals surface area contributed by atoms with Gasteiger partial charge in [0, 0.05) is 35.9 Å². The van der Waals surface area contributed by atoms with Crippen LogP contribution in [0.15, 0.2) is 79.5 Å². The Kier molecular flexibility index (Phi) is 5.88. The van der Waals surface area contributed by atoms with Gasteiger partial charge in [0.1, 0.15) is 5.75 Å². The van der Waals surface area contributed by atoms with E-state index in [1.165, 1.54) is 7.11 Å². The lowest BCUT2D eigenvalue weighted by Gasteiger charge is -2.14. The lowest BCUT2D eigenvalue weighted by Crippen LogP contribution is -2.11. The van der Waals surface area contributed by atoms with Gasteiger partial charge < -0.3 is 14.6 Å². The molecular weight excluding hydrogens is 471 g/mol. The molecule has 182 valence electrons. The molecule has 3 heterocycles. The van der Waals surface area contributed by atoms with Crippen LogP contribution in [-0.2, 0) is 6.18 Å². The zero-order chi connectivity index (χ0) is 25.3. The van der Waals surface area contributed by atoms with E-state index in [9.17, 15) is 13.2 Å². The second-order valence-electron chi connectivity index (χ2n) is 7.89. The third-order valence-electron chi connectivity index (χ3n) is 5.37. The van der Waals surface area contributed by atoms with Crippen molar-refractivity contribution in [1.29, 1.82) is 0 Å². The molecule has 0 bridgehead atoms. The highest BCUT2D eigenvalue weighted by molar-refractivity contribution is 5.66. The summed E-state index contributed by atoms with van der Waals surface area (Å²) in [6, 6.07) is 14.7. The number of aromatic nitrogens is 6. The average Bonchev–Trinajstić information content (AvgIpc) is 3.56. The molecule has 0 radical (unpaired) electrons. The standard InChI is InChI=1S/C25H20F3N7O/c1-16-14-34(15-29-16)21-9-6-18(12-22(21)36-2)31-24-32-20(13-23(33-24)25(26,27)28)17-4-7-19(8-5-17)35-11-3-10-30-35/h3-15H,1-2H3,(H,31,32,33). The van der Waals surface area contributed by atoms with Gasteiger partial charge in [-0.05, 0) is 43.3 Å². The molecule has 11 heteroatoms. The number of rotatable bonds is 6. The first-order valence-electron chi connectivity index (χ1n) is 10.8. The fraction of sp³-hybridized carbons (Fsp3) is 0.120. The molecule has 0 spiro atoms. The van der Waals surface area contributed by atoms with Crippen LogP contribution in [0.1, 0.15) is 11.4 Å². The van der Waals surface area contributed by atoms with Crippen LogP contribution in [0.25, 0.3) is 22.6 Å². The van der Waals surface area contributed by atoms with E-state index in [2.05, 4.69) is 25.4 Å². The van der Waals surface area contributed by atoms with Crippen molar-refractivity contribution in [3.05, 3.63) is 90.9 Å².